The minimum absolute atomic E-state index is 0. The molecule has 1 fully saturated rings. The molecule has 0 saturated heterocycles. The van der Waals surface area contributed by atoms with Crippen LogP contribution in [0.15, 0.2) is 59.5 Å². The van der Waals surface area contributed by atoms with Gasteiger partial charge in [0.15, 0.2) is 0 Å². The topological polar surface area (TPSA) is 128 Å². The minimum Gasteiger partial charge on any atom is -0.497 e. The number of carbonyl (C=O) groups is 2. The van der Waals surface area contributed by atoms with E-state index in [1.54, 1.807) is 46.8 Å². The second-order valence-electron chi connectivity index (χ2n) is 9.55. The lowest BCUT2D eigenvalue weighted by Gasteiger charge is -2.38. The van der Waals surface area contributed by atoms with Crippen LogP contribution in [0.3, 0.4) is 0 Å². The van der Waals surface area contributed by atoms with Crippen LogP contribution in [0, 0.1) is 5.92 Å². The number of sulfonamides is 1. The summed E-state index contributed by atoms with van der Waals surface area (Å²) in [5.41, 5.74) is 2.40. The average molecular weight is 569 g/mol. The maximum Gasteiger partial charge on any atom is 0.262 e. The van der Waals surface area contributed by atoms with E-state index in [4.69, 9.17) is 4.74 Å². The molecule has 10 nitrogen and oxygen atoms in total. The van der Waals surface area contributed by atoms with Gasteiger partial charge in [-0.15, -0.1) is 12.4 Å². The highest BCUT2D eigenvalue weighted by molar-refractivity contribution is 7.89. The lowest BCUT2D eigenvalue weighted by Crippen LogP contribution is -2.54. The van der Waals surface area contributed by atoms with Crippen LogP contribution < -0.4 is 15.5 Å². The van der Waals surface area contributed by atoms with Crippen molar-refractivity contribution in [2.45, 2.75) is 49.2 Å². The van der Waals surface area contributed by atoms with E-state index in [1.165, 1.54) is 23.5 Å². The van der Waals surface area contributed by atoms with Crippen molar-refractivity contribution >= 4 is 34.2 Å². The predicted molar refractivity (Wildman–Crippen MR) is 146 cm³/mol. The van der Waals surface area contributed by atoms with Crippen molar-refractivity contribution in [3.05, 3.63) is 60.2 Å². The fourth-order valence-electron chi connectivity index (χ4n) is 4.77. The molecule has 2 amide bonds. The SMILES string of the molecule is COc1ccc(S(=O)(=O)N(Cc2ccccc2)[C@@H](C(=O)NO)[C@H]2CC[C@H](NC(=O)CN(C)C)CC2)cc1.Cl. The lowest BCUT2D eigenvalue weighted by atomic mass is 9.81. The Labute approximate surface area is 230 Å². The zero-order chi connectivity index (χ0) is 27.0. The van der Waals surface area contributed by atoms with Crippen LogP contribution in [0.5, 0.6) is 5.75 Å². The molecule has 0 heterocycles. The molecule has 3 rings (SSSR count). The first-order chi connectivity index (χ1) is 17.6. The highest BCUT2D eigenvalue weighted by atomic mass is 35.5. The minimum atomic E-state index is -4.14. The van der Waals surface area contributed by atoms with Gasteiger partial charge in [-0.2, -0.15) is 4.31 Å². The van der Waals surface area contributed by atoms with Gasteiger partial charge in [-0.25, -0.2) is 13.9 Å². The number of rotatable bonds is 11. The van der Waals surface area contributed by atoms with Crippen LogP contribution >= 0.6 is 12.4 Å². The zero-order valence-electron chi connectivity index (χ0n) is 21.9. The molecule has 0 unspecified atom stereocenters. The maximum absolute atomic E-state index is 13.9. The van der Waals surface area contributed by atoms with Crippen LogP contribution in [0.1, 0.15) is 31.2 Å². The predicted octanol–water partition coefficient (Wildman–Crippen LogP) is 2.42. The molecule has 0 aromatic heterocycles. The number of hydrogen-bond acceptors (Lipinski definition) is 7. The molecular weight excluding hydrogens is 532 g/mol. The summed E-state index contributed by atoms with van der Waals surface area (Å²) in [6, 6.07) is 13.8. The molecule has 0 bridgehead atoms. The quantitative estimate of drug-likeness (QED) is 0.280. The Balaban J connectivity index is 0.00000507. The third-order valence-electron chi connectivity index (χ3n) is 6.58. The third kappa shape index (κ3) is 8.15. The number of nitrogens with one attached hydrogen (secondary N) is 2. The van der Waals surface area contributed by atoms with Gasteiger partial charge >= 0.3 is 0 Å². The van der Waals surface area contributed by atoms with Crippen LogP contribution in [-0.4, -0.2) is 74.5 Å². The van der Waals surface area contributed by atoms with Gasteiger partial charge in [0.25, 0.3) is 5.91 Å². The molecule has 0 radical (unpaired) electrons. The third-order valence-corrected chi connectivity index (χ3v) is 8.42. The first-order valence-corrected chi connectivity index (χ1v) is 13.7. The Bertz CT molecular complexity index is 1140. The van der Waals surface area contributed by atoms with Gasteiger partial charge in [-0.1, -0.05) is 30.3 Å². The number of amides is 2. The Hall–Kier alpha value is -2.70. The number of likely N-dealkylation sites (N-methyl/N-ethyl adjacent to an activating group) is 1. The molecule has 1 atom stereocenters. The Kier molecular flexibility index (Phi) is 12.0. The highest BCUT2D eigenvalue weighted by Crippen LogP contribution is 2.34. The number of carbonyl (C=O) groups excluding carboxylic acids is 2. The lowest BCUT2D eigenvalue weighted by molar-refractivity contribution is -0.136. The van der Waals surface area contributed by atoms with Crippen molar-refractivity contribution in [3.63, 3.8) is 0 Å². The largest absolute Gasteiger partial charge is 0.497 e. The Morgan fingerprint density at radius 2 is 1.63 bits per heavy atom. The number of hydroxylamine groups is 1. The standard InChI is InChI=1S/C26H36N4O6S.ClH/c1-29(2)18-24(31)27-21-11-9-20(10-12-21)25(26(32)28-33)30(17-19-7-5-4-6-8-19)37(34,35)23-15-13-22(36-3)14-16-23;/h4-8,13-16,20-21,25,33H,9-12,17-18H2,1-3H3,(H,27,31)(H,28,32);1H/t20-,21-,25-;/m1./s1. The molecule has 0 spiro atoms. The van der Waals surface area contributed by atoms with E-state index in [-0.39, 0.29) is 48.3 Å². The second-order valence-corrected chi connectivity index (χ2v) is 11.4. The molecule has 1 saturated carbocycles. The first kappa shape index (κ1) is 31.5. The van der Waals surface area contributed by atoms with E-state index in [1.807, 2.05) is 20.2 Å². The maximum atomic E-state index is 13.9. The summed E-state index contributed by atoms with van der Waals surface area (Å²) in [7, 11) is 0.986. The highest BCUT2D eigenvalue weighted by Gasteiger charge is 2.42. The molecule has 3 N–H and O–H groups in total. The van der Waals surface area contributed by atoms with E-state index >= 15 is 0 Å². The molecular formula is C26H37ClN4O6S. The van der Waals surface area contributed by atoms with Crippen molar-refractivity contribution in [2.75, 3.05) is 27.7 Å². The average Bonchev–Trinajstić information content (AvgIpc) is 2.89. The summed E-state index contributed by atoms with van der Waals surface area (Å²) >= 11 is 0. The van der Waals surface area contributed by atoms with E-state index < -0.39 is 22.0 Å². The fourth-order valence-corrected chi connectivity index (χ4v) is 6.40. The fraction of sp³-hybridized carbons (Fsp3) is 0.462. The normalized spacial score (nSPS) is 18.4. The number of halogens is 1. The van der Waals surface area contributed by atoms with Gasteiger partial charge in [-0.3, -0.25) is 14.8 Å². The molecule has 2 aromatic carbocycles. The van der Waals surface area contributed by atoms with Crippen molar-refractivity contribution in [2.24, 2.45) is 5.92 Å². The van der Waals surface area contributed by atoms with Crippen LogP contribution in [0.2, 0.25) is 0 Å². The number of hydrogen-bond donors (Lipinski definition) is 3. The number of nitrogens with zero attached hydrogens (tertiary/aromatic N) is 2. The van der Waals surface area contributed by atoms with Gasteiger partial charge in [0.05, 0.1) is 18.6 Å². The molecule has 1 aliphatic carbocycles. The Morgan fingerprint density at radius 1 is 1.03 bits per heavy atom. The van der Waals surface area contributed by atoms with Gasteiger partial charge in [0, 0.05) is 12.6 Å². The van der Waals surface area contributed by atoms with Crippen molar-refractivity contribution in [1.29, 1.82) is 0 Å². The van der Waals surface area contributed by atoms with Crippen LogP contribution in [0.4, 0.5) is 0 Å². The first-order valence-electron chi connectivity index (χ1n) is 12.2. The summed E-state index contributed by atoms with van der Waals surface area (Å²) in [6.45, 7) is 0.229. The van der Waals surface area contributed by atoms with E-state index in [2.05, 4.69) is 5.32 Å². The number of benzene rings is 2. The second kappa shape index (κ2) is 14.5. The number of ether oxygens (including phenoxy) is 1. The van der Waals surface area contributed by atoms with E-state index in [9.17, 15) is 23.2 Å². The monoisotopic (exact) mass is 568 g/mol. The summed E-state index contributed by atoms with van der Waals surface area (Å²) in [4.78, 5) is 27.0. The van der Waals surface area contributed by atoms with Crippen LogP contribution in [-0.2, 0) is 26.2 Å². The molecule has 2 aromatic rings. The van der Waals surface area contributed by atoms with Gasteiger partial charge in [0.1, 0.15) is 11.8 Å². The smallest absolute Gasteiger partial charge is 0.262 e. The van der Waals surface area contributed by atoms with Gasteiger partial charge in [-0.05, 0) is 75.5 Å². The summed E-state index contributed by atoms with van der Waals surface area (Å²) < 4.78 is 34.2. The van der Waals surface area contributed by atoms with Gasteiger partial charge in [0.2, 0.25) is 15.9 Å². The van der Waals surface area contributed by atoms with Crippen LogP contribution in [0.25, 0.3) is 0 Å². The summed E-state index contributed by atoms with van der Waals surface area (Å²) in [5, 5.41) is 12.6. The van der Waals surface area contributed by atoms with Gasteiger partial charge < -0.3 is 15.0 Å². The zero-order valence-corrected chi connectivity index (χ0v) is 23.5. The summed E-state index contributed by atoms with van der Waals surface area (Å²) in [6.07, 6.45) is 2.21. The molecule has 12 heteroatoms. The molecule has 210 valence electrons. The molecule has 38 heavy (non-hydrogen) atoms. The molecule has 0 aliphatic heterocycles. The van der Waals surface area contributed by atoms with Crippen molar-refractivity contribution in [3.8, 4) is 5.75 Å². The molecule has 1 aliphatic rings. The van der Waals surface area contributed by atoms with Crippen molar-refractivity contribution in [1.82, 2.24) is 20.0 Å². The number of methoxy groups -OCH3 is 1. The Morgan fingerprint density at radius 3 is 2.16 bits per heavy atom. The summed E-state index contributed by atoms with van der Waals surface area (Å²) in [5.74, 6) is -0.710. The van der Waals surface area contributed by atoms with Crippen molar-refractivity contribution < 1.29 is 28.0 Å². The van der Waals surface area contributed by atoms with E-state index in [0.717, 1.165) is 0 Å². The van der Waals surface area contributed by atoms with E-state index in [0.29, 0.717) is 37.0 Å².